The van der Waals surface area contributed by atoms with Crippen molar-refractivity contribution in [2.45, 2.75) is 64.7 Å². The number of imidazole rings is 1. The van der Waals surface area contributed by atoms with E-state index in [1.807, 2.05) is 27.3 Å². The van der Waals surface area contributed by atoms with Crippen LogP contribution < -0.4 is 5.32 Å². The van der Waals surface area contributed by atoms with Crippen molar-refractivity contribution >= 4 is 11.8 Å². The van der Waals surface area contributed by atoms with Crippen molar-refractivity contribution in [1.29, 1.82) is 0 Å². The number of amides is 2. The van der Waals surface area contributed by atoms with E-state index in [0.717, 1.165) is 24.4 Å². The lowest BCUT2D eigenvalue weighted by Gasteiger charge is -2.30. The zero-order chi connectivity index (χ0) is 19.1. The lowest BCUT2D eigenvalue weighted by atomic mass is 10.1. The van der Waals surface area contributed by atoms with Gasteiger partial charge in [0.25, 0.3) is 5.91 Å². The van der Waals surface area contributed by atoms with Crippen LogP contribution in [-0.2, 0) is 17.9 Å². The first-order chi connectivity index (χ1) is 12.9. The van der Waals surface area contributed by atoms with Crippen LogP contribution in [0.3, 0.4) is 0 Å². The van der Waals surface area contributed by atoms with Gasteiger partial charge in [-0.15, -0.1) is 0 Å². The first-order valence-electron chi connectivity index (χ1n) is 9.63. The van der Waals surface area contributed by atoms with Crippen LogP contribution in [0, 0.1) is 0 Å². The highest BCUT2D eigenvalue weighted by Crippen LogP contribution is 2.23. The Kier molecular flexibility index (Phi) is 4.49. The van der Waals surface area contributed by atoms with E-state index in [0.29, 0.717) is 31.4 Å². The summed E-state index contributed by atoms with van der Waals surface area (Å²) in [6.45, 7) is 7.72. The van der Waals surface area contributed by atoms with Gasteiger partial charge in [-0.3, -0.25) is 14.3 Å². The van der Waals surface area contributed by atoms with Crippen molar-refractivity contribution in [3.63, 3.8) is 0 Å². The first kappa shape index (κ1) is 17.8. The lowest BCUT2D eigenvalue weighted by Crippen LogP contribution is -2.41. The fourth-order valence-electron chi connectivity index (χ4n) is 3.53. The van der Waals surface area contributed by atoms with Crippen LogP contribution in [0.4, 0.5) is 0 Å². The summed E-state index contributed by atoms with van der Waals surface area (Å²) < 4.78 is 3.79. The predicted molar refractivity (Wildman–Crippen MR) is 99.2 cm³/mol. The second-order valence-corrected chi connectivity index (χ2v) is 7.77. The van der Waals surface area contributed by atoms with E-state index in [4.69, 9.17) is 0 Å². The van der Waals surface area contributed by atoms with Gasteiger partial charge in [0.2, 0.25) is 5.91 Å². The zero-order valence-electron chi connectivity index (χ0n) is 16.1. The third-order valence-corrected chi connectivity index (χ3v) is 5.24. The van der Waals surface area contributed by atoms with Gasteiger partial charge in [0.05, 0.1) is 18.8 Å². The van der Waals surface area contributed by atoms with Crippen LogP contribution >= 0.6 is 0 Å². The molecule has 8 nitrogen and oxygen atoms in total. The topological polar surface area (TPSA) is 85.1 Å². The van der Waals surface area contributed by atoms with Gasteiger partial charge < -0.3 is 14.8 Å². The van der Waals surface area contributed by atoms with Crippen LogP contribution in [0.1, 0.15) is 67.6 Å². The minimum absolute atomic E-state index is 0.0614. The molecular weight excluding hydrogens is 344 g/mol. The highest BCUT2D eigenvalue weighted by Gasteiger charge is 2.30. The summed E-state index contributed by atoms with van der Waals surface area (Å²) in [5.74, 6) is 1.11. The third kappa shape index (κ3) is 3.48. The van der Waals surface area contributed by atoms with Gasteiger partial charge in [-0.25, -0.2) is 4.98 Å². The molecule has 0 saturated heterocycles. The number of hydrogen-bond donors (Lipinski definition) is 1. The molecule has 2 aliphatic rings. The molecule has 8 heteroatoms. The molecule has 0 radical (unpaired) electrons. The van der Waals surface area contributed by atoms with E-state index in [-0.39, 0.29) is 23.8 Å². The Morgan fingerprint density at radius 3 is 2.70 bits per heavy atom. The van der Waals surface area contributed by atoms with Crippen LogP contribution in [-0.4, -0.2) is 48.6 Å². The summed E-state index contributed by atoms with van der Waals surface area (Å²) in [6.07, 6.45) is 5.71. The molecule has 1 N–H and O–H groups in total. The molecule has 1 atom stereocenters. The van der Waals surface area contributed by atoms with Gasteiger partial charge in [0, 0.05) is 30.9 Å². The molecular formula is C19H26N6O2. The van der Waals surface area contributed by atoms with Gasteiger partial charge in [-0.1, -0.05) is 13.8 Å². The molecule has 1 aliphatic carbocycles. The molecule has 4 rings (SSSR count). The molecule has 2 aromatic rings. The monoisotopic (exact) mass is 370 g/mol. The van der Waals surface area contributed by atoms with Gasteiger partial charge in [0.15, 0.2) is 5.69 Å². The van der Waals surface area contributed by atoms with Crippen molar-refractivity contribution in [2.75, 3.05) is 6.54 Å². The Hall–Kier alpha value is -2.64. The first-order valence-corrected chi connectivity index (χ1v) is 9.63. The Labute approximate surface area is 158 Å². The number of carbonyl (C=O) groups excluding carboxylic acids is 2. The molecule has 0 aromatic carbocycles. The van der Waals surface area contributed by atoms with E-state index in [9.17, 15) is 9.59 Å². The molecule has 1 fully saturated rings. The molecule has 0 bridgehead atoms. The average molecular weight is 370 g/mol. The summed E-state index contributed by atoms with van der Waals surface area (Å²) in [6, 6.07) is 1.80. The summed E-state index contributed by atoms with van der Waals surface area (Å²) in [4.78, 5) is 31.5. The van der Waals surface area contributed by atoms with Crippen LogP contribution in [0.5, 0.6) is 0 Å². The van der Waals surface area contributed by atoms with Crippen LogP contribution in [0.25, 0.3) is 0 Å². The number of nitrogens with one attached hydrogen (secondary N) is 1. The fourth-order valence-corrected chi connectivity index (χ4v) is 3.53. The molecule has 1 saturated carbocycles. The molecule has 0 unspecified atom stereocenters. The van der Waals surface area contributed by atoms with E-state index in [1.54, 1.807) is 12.3 Å². The highest BCUT2D eigenvalue weighted by molar-refractivity contribution is 5.92. The number of aromatic nitrogens is 4. The number of rotatable bonds is 5. The smallest absolute Gasteiger partial charge is 0.272 e. The van der Waals surface area contributed by atoms with Gasteiger partial charge >= 0.3 is 0 Å². The number of nitrogens with zero attached hydrogens (tertiary/aromatic N) is 5. The quantitative estimate of drug-likeness (QED) is 0.868. The van der Waals surface area contributed by atoms with E-state index in [2.05, 4.69) is 29.2 Å². The SMILES string of the molecule is CC(C)c1nccn1[C@@H](C)C(=O)N1CCn2nc(C(=O)NC3CC3)cc2C1. The lowest BCUT2D eigenvalue weighted by molar-refractivity contribution is -0.135. The van der Waals surface area contributed by atoms with E-state index >= 15 is 0 Å². The second kappa shape index (κ2) is 6.83. The Balaban J connectivity index is 1.47. The molecule has 1 aliphatic heterocycles. The number of carbonyl (C=O) groups is 2. The molecule has 3 heterocycles. The maximum Gasteiger partial charge on any atom is 0.272 e. The van der Waals surface area contributed by atoms with Crippen molar-refractivity contribution < 1.29 is 9.59 Å². The molecule has 2 amide bonds. The third-order valence-electron chi connectivity index (χ3n) is 5.24. The summed E-state index contributed by atoms with van der Waals surface area (Å²) in [5, 5.41) is 7.37. The second-order valence-electron chi connectivity index (χ2n) is 7.77. The highest BCUT2D eigenvalue weighted by atomic mass is 16.2. The van der Waals surface area contributed by atoms with Crippen molar-refractivity contribution in [3.8, 4) is 0 Å². The minimum atomic E-state index is -0.308. The fraction of sp³-hybridized carbons (Fsp3) is 0.579. The van der Waals surface area contributed by atoms with Crippen molar-refractivity contribution in [2.24, 2.45) is 0 Å². The maximum atomic E-state index is 13.0. The Morgan fingerprint density at radius 1 is 1.22 bits per heavy atom. The summed E-state index contributed by atoms with van der Waals surface area (Å²) >= 11 is 0. The maximum absolute atomic E-state index is 13.0. The summed E-state index contributed by atoms with van der Waals surface area (Å²) in [5.41, 5.74) is 1.34. The van der Waals surface area contributed by atoms with Gasteiger partial charge in [-0.2, -0.15) is 5.10 Å². The zero-order valence-corrected chi connectivity index (χ0v) is 16.1. The van der Waals surface area contributed by atoms with Crippen LogP contribution in [0.15, 0.2) is 18.5 Å². The molecule has 2 aromatic heterocycles. The normalized spacial score (nSPS) is 17.7. The minimum Gasteiger partial charge on any atom is -0.348 e. The molecule has 27 heavy (non-hydrogen) atoms. The van der Waals surface area contributed by atoms with Gasteiger partial charge in [-0.05, 0) is 25.8 Å². The Bertz CT molecular complexity index is 863. The van der Waals surface area contributed by atoms with Crippen LogP contribution in [0.2, 0.25) is 0 Å². The van der Waals surface area contributed by atoms with E-state index in [1.165, 1.54) is 0 Å². The average Bonchev–Trinajstić information content (AvgIpc) is 3.17. The standard InChI is InChI=1S/C19H26N6O2/c1-12(2)17-20-6-7-24(17)13(3)19(27)23-8-9-25-15(11-23)10-16(22-25)18(26)21-14-4-5-14/h6-7,10,12-14H,4-5,8-9,11H2,1-3H3,(H,21,26)/t13-/m0/s1. The van der Waals surface area contributed by atoms with Gasteiger partial charge in [0.1, 0.15) is 11.9 Å². The number of hydrogen-bond acceptors (Lipinski definition) is 4. The predicted octanol–water partition coefficient (Wildman–Crippen LogP) is 1.70. The van der Waals surface area contributed by atoms with E-state index < -0.39 is 0 Å². The van der Waals surface area contributed by atoms with Crippen molar-refractivity contribution in [3.05, 3.63) is 35.7 Å². The molecule has 0 spiro atoms. The summed E-state index contributed by atoms with van der Waals surface area (Å²) in [7, 11) is 0. The van der Waals surface area contributed by atoms with Crippen molar-refractivity contribution in [1.82, 2.24) is 29.5 Å². The largest absolute Gasteiger partial charge is 0.348 e. The molecule has 144 valence electrons. The number of fused-ring (bicyclic) bond motifs is 1. The Morgan fingerprint density at radius 2 is 2.00 bits per heavy atom.